The molecule has 158 valence electrons. The number of benzene rings is 3. The molecule has 4 N–H and O–H groups in total. The Morgan fingerprint density at radius 1 is 0.968 bits per heavy atom. The Kier molecular flexibility index (Phi) is 4.84. The Morgan fingerprint density at radius 3 is 2.39 bits per heavy atom. The number of halogens is 5. The SMILES string of the molecule is N/C(=N\O)c1cc(C(F)(F)F)cc(-c2ccc3[nH]ncc3c2)c1-c1ccc(F)c(F)c1. The first-order valence-electron chi connectivity index (χ1n) is 8.81. The monoisotopic (exact) mass is 432 g/mol. The number of fused-ring (bicyclic) bond motifs is 1. The topological polar surface area (TPSA) is 87.3 Å². The highest BCUT2D eigenvalue weighted by Crippen LogP contribution is 2.41. The van der Waals surface area contributed by atoms with E-state index in [1.807, 2.05) is 0 Å². The van der Waals surface area contributed by atoms with Crippen LogP contribution in [0.3, 0.4) is 0 Å². The summed E-state index contributed by atoms with van der Waals surface area (Å²) in [7, 11) is 0. The highest BCUT2D eigenvalue weighted by atomic mass is 19.4. The number of nitrogens with two attached hydrogens (primary N) is 1. The maximum absolute atomic E-state index is 14.0. The Morgan fingerprint density at radius 2 is 1.71 bits per heavy atom. The zero-order valence-electron chi connectivity index (χ0n) is 15.5. The summed E-state index contributed by atoms with van der Waals surface area (Å²) in [6.07, 6.45) is -3.25. The molecule has 0 saturated carbocycles. The summed E-state index contributed by atoms with van der Waals surface area (Å²) in [5.74, 6) is -2.93. The van der Waals surface area contributed by atoms with Crippen LogP contribution in [-0.2, 0) is 6.18 Å². The number of amidine groups is 1. The number of rotatable bonds is 3. The number of hydrogen-bond acceptors (Lipinski definition) is 3. The second kappa shape index (κ2) is 7.38. The van der Waals surface area contributed by atoms with E-state index in [0.717, 1.165) is 18.2 Å². The lowest BCUT2D eigenvalue weighted by Crippen LogP contribution is -2.17. The molecule has 0 aliphatic rings. The molecule has 0 bridgehead atoms. The van der Waals surface area contributed by atoms with Crippen LogP contribution >= 0.6 is 0 Å². The number of aromatic nitrogens is 2. The third-order valence-corrected chi connectivity index (χ3v) is 4.81. The van der Waals surface area contributed by atoms with Crippen LogP contribution in [0, 0.1) is 11.6 Å². The Bertz CT molecular complexity index is 1330. The van der Waals surface area contributed by atoms with E-state index in [1.54, 1.807) is 18.2 Å². The van der Waals surface area contributed by atoms with E-state index in [-0.39, 0.29) is 22.3 Å². The van der Waals surface area contributed by atoms with E-state index in [4.69, 9.17) is 10.9 Å². The van der Waals surface area contributed by atoms with Crippen molar-refractivity contribution in [2.45, 2.75) is 6.18 Å². The van der Waals surface area contributed by atoms with E-state index in [0.29, 0.717) is 22.5 Å². The highest BCUT2D eigenvalue weighted by Gasteiger charge is 2.33. The van der Waals surface area contributed by atoms with Gasteiger partial charge in [0.2, 0.25) is 0 Å². The number of nitrogens with zero attached hydrogens (tertiary/aromatic N) is 2. The van der Waals surface area contributed by atoms with E-state index >= 15 is 0 Å². The van der Waals surface area contributed by atoms with E-state index in [2.05, 4.69) is 15.4 Å². The first-order valence-corrected chi connectivity index (χ1v) is 8.81. The highest BCUT2D eigenvalue weighted by molar-refractivity contribution is 6.07. The molecular weight excluding hydrogens is 419 g/mol. The molecule has 0 aliphatic carbocycles. The zero-order chi connectivity index (χ0) is 22.3. The number of alkyl halides is 3. The third kappa shape index (κ3) is 3.67. The lowest BCUT2D eigenvalue weighted by atomic mass is 9.87. The van der Waals surface area contributed by atoms with Crippen LogP contribution in [0.25, 0.3) is 33.2 Å². The molecule has 0 atom stereocenters. The Labute approximate surface area is 171 Å². The quantitative estimate of drug-likeness (QED) is 0.135. The van der Waals surface area contributed by atoms with Crippen molar-refractivity contribution in [1.29, 1.82) is 0 Å². The molecule has 10 heteroatoms. The molecule has 0 unspecified atom stereocenters. The molecule has 1 heterocycles. The fourth-order valence-electron chi connectivity index (χ4n) is 3.36. The summed E-state index contributed by atoms with van der Waals surface area (Å²) in [5, 5.41) is 19.2. The smallest absolute Gasteiger partial charge is 0.409 e. The first kappa shape index (κ1) is 20.3. The van der Waals surface area contributed by atoms with Crippen LogP contribution in [0.5, 0.6) is 0 Å². The van der Waals surface area contributed by atoms with Gasteiger partial charge in [0, 0.05) is 16.5 Å². The van der Waals surface area contributed by atoms with Crippen molar-refractivity contribution in [2.24, 2.45) is 10.9 Å². The number of nitrogens with one attached hydrogen (secondary N) is 1. The van der Waals surface area contributed by atoms with Crippen LogP contribution < -0.4 is 5.73 Å². The summed E-state index contributed by atoms with van der Waals surface area (Å²) in [4.78, 5) is 0. The lowest BCUT2D eigenvalue weighted by Gasteiger charge is -2.19. The maximum Gasteiger partial charge on any atom is 0.416 e. The molecule has 31 heavy (non-hydrogen) atoms. The predicted octanol–water partition coefficient (Wildman–Crippen LogP) is 5.29. The van der Waals surface area contributed by atoms with E-state index < -0.39 is 29.2 Å². The Balaban J connectivity index is 2.12. The van der Waals surface area contributed by atoms with Crippen LogP contribution in [0.4, 0.5) is 22.0 Å². The van der Waals surface area contributed by atoms with Crippen molar-refractivity contribution in [3.05, 3.63) is 77.5 Å². The molecule has 0 radical (unpaired) electrons. The normalized spacial score (nSPS) is 12.5. The fraction of sp³-hybridized carbons (Fsp3) is 0.0476. The van der Waals surface area contributed by atoms with E-state index in [1.165, 1.54) is 12.3 Å². The van der Waals surface area contributed by atoms with Crippen molar-refractivity contribution < 1.29 is 27.2 Å². The van der Waals surface area contributed by atoms with Gasteiger partial charge in [0.1, 0.15) is 0 Å². The minimum absolute atomic E-state index is 0.0329. The molecule has 3 aromatic carbocycles. The lowest BCUT2D eigenvalue weighted by molar-refractivity contribution is -0.137. The summed E-state index contributed by atoms with van der Waals surface area (Å²) >= 11 is 0. The number of H-pyrrole nitrogens is 1. The number of oxime groups is 1. The van der Waals surface area contributed by atoms with Gasteiger partial charge in [0.05, 0.1) is 17.3 Å². The average Bonchev–Trinajstić information content (AvgIpc) is 3.21. The standard InChI is InChI=1S/C21H13F5N4O/c22-16-3-1-11(6-17(16)23)19-14(10-2-4-18-12(5-10)9-28-29-18)7-13(21(24,25)26)8-15(19)20(27)30-31/h1-9,31H,(H2,27,30)(H,28,29). The van der Waals surface area contributed by atoms with Crippen molar-refractivity contribution in [2.75, 3.05) is 0 Å². The summed E-state index contributed by atoms with van der Waals surface area (Å²) in [6.45, 7) is 0. The minimum Gasteiger partial charge on any atom is -0.409 e. The van der Waals surface area contributed by atoms with Crippen LogP contribution in [0.1, 0.15) is 11.1 Å². The molecule has 5 nitrogen and oxygen atoms in total. The number of aromatic amines is 1. The summed E-state index contributed by atoms with van der Waals surface area (Å²) in [6, 6.07) is 9.24. The average molecular weight is 432 g/mol. The van der Waals surface area contributed by atoms with Crippen molar-refractivity contribution in [3.63, 3.8) is 0 Å². The molecule has 0 saturated heterocycles. The first-order chi connectivity index (χ1) is 14.7. The van der Waals surface area contributed by atoms with E-state index in [9.17, 15) is 22.0 Å². The van der Waals surface area contributed by atoms with Gasteiger partial charge in [-0.05, 0) is 53.1 Å². The molecule has 4 aromatic rings. The van der Waals surface area contributed by atoms with Gasteiger partial charge < -0.3 is 10.9 Å². The molecule has 1 aromatic heterocycles. The summed E-state index contributed by atoms with van der Waals surface area (Å²) in [5.41, 5.74) is 5.47. The second-order valence-corrected chi connectivity index (χ2v) is 6.73. The minimum atomic E-state index is -4.74. The van der Waals surface area contributed by atoms with Crippen molar-refractivity contribution in [1.82, 2.24) is 10.2 Å². The molecule has 4 rings (SSSR count). The zero-order valence-corrected chi connectivity index (χ0v) is 15.5. The summed E-state index contributed by atoms with van der Waals surface area (Å²) < 4.78 is 68.3. The van der Waals surface area contributed by atoms with Crippen molar-refractivity contribution in [3.8, 4) is 22.3 Å². The molecule has 0 spiro atoms. The molecule has 0 aliphatic heterocycles. The van der Waals surface area contributed by atoms with Crippen LogP contribution in [0.2, 0.25) is 0 Å². The third-order valence-electron chi connectivity index (χ3n) is 4.81. The van der Waals surface area contributed by atoms with Gasteiger partial charge in [-0.2, -0.15) is 18.3 Å². The van der Waals surface area contributed by atoms with Gasteiger partial charge in [0.15, 0.2) is 17.5 Å². The van der Waals surface area contributed by atoms with Gasteiger partial charge in [-0.15, -0.1) is 0 Å². The second-order valence-electron chi connectivity index (χ2n) is 6.73. The Hall–Kier alpha value is -3.95. The van der Waals surface area contributed by atoms with Gasteiger partial charge in [-0.3, -0.25) is 5.10 Å². The van der Waals surface area contributed by atoms with Gasteiger partial charge in [-0.25, -0.2) is 8.78 Å². The maximum atomic E-state index is 14.0. The van der Waals surface area contributed by atoms with Gasteiger partial charge >= 0.3 is 6.18 Å². The predicted molar refractivity (Wildman–Crippen MR) is 104 cm³/mol. The van der Waals surface area contributed by atoms with Crippen LogP contribution in [0.15, 0.2) is 59.9 Å². The van der Waals surface area contributed by atoms with Gasteiger partial charge in [-0.1, -0.05) is 17.3 Å². The van der Waals surface area contributed by atoms with Crippen LogP contribution in [-0.4, -0.2) is 21.2 Å². The van der Waals surface area contributed by atoms with Gasteiger partial charge in [0.25, 0.3) is 0 Å². The number of hydrogen-bond donors (Lipinski definition) is 3. The molecule has 0 fully saturated rings. The fourth-order valence-corrected chi connectivity index (χ4v) is 3.36. The largest absolute Gasteiger partial charge is 0.416 e. The molecule has 0 amide bonds. The molecular formula is C21H13F5N4O. The van der Waals surface area contributed by atoms with Crippen molar-refractivity contribution >= 4 is 16.7 Å².